The molecule has 0 bridgehead atoms. The molecule has 1 aromatic heterocycles. The Morgan fingerprint density at radius 3 is 2.80 bits per heavy atom. The second-order valence-electron chi connectivity index (χ2n) is 3.25. The van der Waals surface area contributed by atoms with Gasteiger partial charge in [0.05, 0.1) is 0 Å². The minimum absolute atomic E-state index is 0.145. The highest BCUT2D eigenvalue weighted by atomic mass is 35.5. The number of nitrogens with two attached hydrogens (primary N) is 1. The van der Waals surface area contributed by atoms with Gasteiger partial charge in [-0.25, -0.2) is 5.43 Å². The van der Waals surface area contributed by atoms with Crippen LogP contribution in [0, 0.1) is 0 Å². The molecule has 0 amide bonds. The number of hydrogen-bond acceptors (Lipinski definition) is 3. The van der Waals surface area contributed by atoms with Crippen LogP contribution >= 0.6 is 11.6 Å². The standard InChI is InChI=1S/C8H13ClF2N4/c1-15-6(4-5-13-15)2-3-7(14-12)8(9,10)11/h4-5,7,14H,2-3,12H2,1H3. The number of rotatable bonds is 5. The highest BCUT2D eigenvalue weighted by Gasteiger charge is 2.35. The van der Waals surface area contributed by atoms with Gasteiger partial charge in [-0.3, -0.25) is 10.5 Å². The van der Waals surface area contributed by atoms with Crippen LogP contribution in [0.25, 0.3) is 0 Å². The first-order chi connectivity index (χ1) is 6.95. The minimum atomic E-state index is -3.34. The summed E-state index contributed by atoms with van der Waals surface area (Å²) in [7, 11) is 1.75. The second-order valence-corrected chi connectivity index (χ2v) is 3.75. The molecule has 0 saturated carbocycles. The van der Waals surface area contributed by atoms with Crippen molar-refractivity contribution in [2.75, 3.05) is 0 Å². The predicted octanol–water partition coefficient (Wildman–Crippen LogP) is 1.02. The smallest absolute Gasteiger partial charge is 0.273 e. The van der Waals surface area contributed by atoms with Crippen molar-refractivity contribution < 1.29 is 8.78 Å². The number of hydrazine groups is 1. The molecule has 0 aliphatic heterocycles. The Hall–Kier alpha value is -0.720. The number of halogens is 3. The summed E-state index contributed by atoms with van der Waals surface area (Å²) in [5.41, 5.74) is 2.87. The van der Waals surface area contributed by atoms with Gasteiger partial charge in [-0.15, -0.1) is 0 Å². The molecule has 0 radical (unpaired) electrons. The van der Waals surface area contributed by atoms with E-state index in [1.54, 1.807) is 24.0 Å². The normalized spacial score (nSPS) is 14.2. The lowest BCUT2D eigenvalue weighted by Crippen LogP contribution is -2.45. The van der Waals surface area contributed by atoms with E-state index in [1.807, 2.05) is 5.43 Å². The van der Waals surface area contributed by atoms with Gasteiger partial charge in [-0.1, -0.05) is 0 Å². The van der Waals surface area contributed by atoms with Crippen molar-refractivity contribution in [2.45, 2.75) is 24.3 Å². The molecule has 1 rings (SSSR count). The van der Waals surface area contributed by atoms with Crippen LogP contribution in [0.5, 0.6) is 0 Å². The van der Waals surface area contributed by atoms with Crippen molar-refractivity contribution >= 4 is 11.6 Å². The Bertz CT molecular complexity index is 310. The van der Waals surface area contributed by atoms with E-state index < -0.39 is 11.4 Å². The Kier molecular flexibility index (Phi) is 4.01. The minimum Gasteiger partial charge on any atom is -0.273 e. The molecule has 1 unspecified atom stereocenters. The summed E-state index contributed by atoms with van der Waals surface area (Å²) in [6.45, 7) is 0. The van der Waals surface area contributed by atoms with Crippen molar-refractivity contribution in [1.29, 1.82) is 0 Å². The van der Waals surface area contributed by atoms with E-state index in [0.717, 1.165) is 5.69 Å². The van der Waals surface area contributed by atoms with Crippen LogP contribution in [0.15, 0.2) is 12.3 Å². The first-order valence-corrected chi connectivity index (χ1v) is 4.82. The molecule has 0 spiro atoms. The monoisotopic (exact) mass is 238 g/mol. The summed E-state index contributed by atoms with van der Waals surface area (Å²) in [6, 6.07) is 0.522. The van der Waals surface area contributed by atoms with Crippen LogP contribution < -0.4 is 11.3 Å². The summed E-state index contributed by atoms with van der Waals surface area (Å²) in [5.74, 6) is 5.00. The average molecular weight is 239 g/mol. The zero-order valence-corrected chi connectivity index (χ0v) is 9.01. The molecular weight excluding hydrogens is 226 g/mol. The van der Waals surface area contributed by atoms with Crippen molar-refractivity contribution in [1.82, 2.24) is 15.2 Å². The number of hydrogen-bond donors (Lipinski definition) is 2. The van der Waals surface area contributed by atoms with Gasteiger partial charge in [0.1, 0.15) is 6.04 Å². The van der Waals surface area contributed by atoms with Gasteiger partial charge in [-0.05, 0) is 30.5 Å². The summed E-state index contributed by atoms with van der Waals surface area (Å²) < 4.78 is 27.1. The lowest BCUT2D eigenvalue weighted by Gasteiger charge is -2.20. The Morgan fingerprint density at radius 1 is 1.73 bits per heavy atom. The molecule has 3 N–H and O–H groups in total. The molecular formula is C8H13ClF2N4. The zero-order valence-electron chi connectivity index (χ0n) is 8.25. The fourth-order valence-electron chi connectivity index (χ4n) is 1.28. The van der Waals surface area contributed by atoms with Crippen molar-refractivity contribution in [3.05, 3.63) is 18.0 Å². The van der Waals surface area contributed by atoms with E-state index in [4.69, 9.17) is 17.4 Å². The van der Waals surface area contributed by atoms with Crippen LogP contribution in [0.4, 0.5) is 8.78 Å². The van der Waals surface area contributed by atoms with Crippen molar-refractivity contribution in [3.63, 3.8) is 0 Å². The molecule has 0 saturated heterocycles. The molecule has 4 nitrogen and oxygen atoms in total. The molecule has 1 heterocycles. The second kappa shape index (κ2) is 4.87. The van der Waals surface area contributed by atoms with Gasteiger partial charge in [0.2, 0.25) is 0 Å². The highest BCUT2D eigenvalue weighted by molar-refractivity contribution is 6.22. The number of aromatic nitrogens is 2. The zero-order chi connectivity index (χ0) is 11.5. The third kappa shape index (κ3) is 3.40. The van der Waals surface area contributed by atoms with Crippen LogP contribution in [-0.2, 0) is 13.5 Å². The molecule has 0 aliphatic carbocycles. The summed E-state index contributed by atoms with van der Waals surface area (Å²) >= 11 is 4.88. The maximum Gasteiger partial charge on any atom is 0.338 e. The van der Waals surface area contributed by atoms with Gasteiger partial charge < -0.3 is 0 Å². The molecule has 15 heavy (non-hydrogen) atoms. The first kappa shape index (κ1) is 12.4. The van der Waals surface area contributed by atoms with Gasteiger partial charge in [0, 0.05) is 18.9 Å². The van der Waals surface area contributed by atoms with E-state index in [2.05, 4.69) is 5.10 Å². The third-order valence-electron chi connectivity index (χ3n) is 2.21. The third-order valence-corrected chi connectivity index (χ3v) is 2.47. The van der Waals surface area contributed by atoms with E-state index in [1.165, 1.54) is 0 Å². The summed E-state index contributed by atoms with van der Waals surface area (Å²) in [5, 5.41) is 0.587. The number of alkyl halides is 3. The Labute approximate surface area is 91.4 Å². The maximum atomic E-state index is 12.7. The summed E-state index contributed by atoms with van der Waals surface area (Å²) in [4.78, 5) is 0. The number of aryl methyl sites for hydroxylation is 2. The molecule has 1 atom stereocenters. The quantitative estimate of drug-likeness (QED) is 0.458. The molecule has 86 valence electrons. The van der Waals surface area contributed by atoms with Crippen LogP contribution in [0.1, 0.15) is 12.1 Å². The predicted molar refractivity (Wildman–Crippen MR) is 53.4 cm³/mol. The molecule has 0 fully saturated rings. The van der Waals surface area contributed by atoms with E-state index >= 15 is 0 Å². The first-order valence-electron chi connectivity index (χ1n) is 4.45. The lowest BCUT2D eigenvalue weighted by atomic mass is 10.1. The van der Waals surface area contributed by atoms with Crippen LogP contribution in [-0.4, -0.2) is 21.2 Å². The lowest BCUT2D eigenvalue weighted by molar-refractivity contribution is 0.0466. The van der Waals surface area contributed by atoms with E-state index in [-0.39, 0.29) is 6.42 Å². The SMILES string of the molecule is Cn1nccc1CCC(NN)C(F)(F)Cl. The van der Waals surface area contributed by atoms with Crippen molar-refractivity contribution in [3.8, 4) is 0 Å². The average Bonchev–Trinajstić information content (AvgIpc) is 2.50. The van der Waals surface area contributed by atoms with Crippen LogP contribution in [0.2, 0.25) is 0 Å². The fourth-order valence-corrected chi connectivity index (χ4v) is 1.45. The Balaban J connectivity index is 2.52. The maximum absolute atomic E-state index is 12.7. The van der Waals surface area contributed by atoms with Crippen LogP contribution in [0.3, 0.4) is 0 Å². The van der Waals surface area contributed by atoms with Crippen molar-refractivity contribution in [2.24, 2.45) is 12.9 Å². The summed E-state index contributed by atoms with van der Waals surface area (Å²) in [6.07, 6.45) is 2.19. The molecule has 7 heteroatoms. The van der Waals surface area contributed by atoms with Gasteiger partial charge in [-0.2, -0.15) is 13.9 Å². The molecule has 1 aromatic rings. The van der Waals surface area contributed by atoms with E-state index in [9.17, 15) is 8.78 Å². The largest absolute Gasteiger partial charge is 0.338 e. The van der Waals surface area contributed by atoms with E-state index in [0.29, 0.717) is 6.42 Å². The Morgan fingerprint density at radius 2 is 2.40 bits per heavy atom. The number of nitrogens with one attached hydrogen (secondary N) is 1. The number of nitrogens with zero attached hydrogens (tertiary/aromatic N) is 2. The highest BCUT2D eigenvalue weighted by Crippen LogP contribution is 2.26. The van der Waals surface area contributed by atoms with Gasteiger partial charge in [0.15, 0.2) is 0 Å². The molecule has 0 aliphatic rings. The van der Waals surface area contributed by atoms with Gasteiger partial charge in [0.25, 0.3) is 0 Å². The fraction of sp³-hybridized carbons (Fsp3) is 0.625. The van der Waals surface area contributed by atoms with Gasteiger partial charge >= 0.3 is 5.38 Å². The topological polar surface area (TPSA) is 55.9 Å². The molecule has 0 aromatic carbocycles.